The number of aliphatic imine (C=N–C) groups is 1. The molecular formula is C23H26N4. The van der Waals surface area contributed by atoms with Gasteiger partial charge in [-0.15, -0.1) is 0 Å². The van der Waals surface area contributed by atoms with Gasteiger partial charge in [0.05, 0.1) is 11.3 Å². The highest BCUT2D eigenvalue weighted by molar-refractivity contribution is 5.89. The quantitative estimate of drug-likeness (QED) is 0.746. The lowest BCUT2D eigenvalue weighted by molar-refractivity contribution is 0.225. The zero-order valence-corrected chi connectivity index (χ0v) is 16.1. The van der Waals surface area contributed by atoms with Crippen molar-refractivity contribution in [3.8, 4) is 6.07 Å². The standard InChI is InChI=1S/C23H26N4/c1-15(2)26-11-3-10-25-23(26)22-20(13-24)19-9-8-18(17-6-7-17)12-21(19)27(22)14-16-4-5-16/h3,8-12,15-17,23H,4-7,14H2,1-2H3. The molecule has 138 valence electrons. The molecule has 3 aliphatic rings. The summed E-state index contributed by atoms with van der Waals surface area (Å²) in [4.78, 5) is 7.07. The zero-order valence-electron chi connectivity index (χ0n) is 16.1. The fourth-order valence-electron chi connectivity index (χ4n) is 4.29. The van der Waals surface area contributed by atoms with E-state index in [1.165, 1.54) is 36.8 Å². The molecular weight excluding hydrogens is 332 g/mol. The predicted molar refractivity (Wildman–Crippen MR) is 109 cm³/mol. The summed E-state index contributed by atoms with van der Waals surface area (Å²) in [6.07, 6.45) is 11.0. The van der Waals surface area contributed by atoms with Gasteiger partial charge in [0.1, 0.15) is 6.07 Å². The molecule has 0 N–H and O–H groups in total. The van der Waals surface area contributed by atoms with Gasteiger partial charge < -0.3 is 9.47 Å². The van der Waals surface area contributed by atoms with Gasteiger partial charge in [0.15, 0.2) is 6.17 Å². The van der Waals surface area contributed by atoms with E-state index >= 15 is 0 Å². The fraction of sp³-hybridized carbons (Fsp3) is 0.478. The molecule has 2 fully saturated rings. The summed E-state index contributed by atoms with van der Waals surface area (Å²) >= 11 is 0. The van der Waals surface area contributed by atoms with E-state index < -0.39 is 0 Å². The maximum atomic E-state index is 10.1. The van der Waals surface area contributed by atoms with Gasteiger partial charge in [-0.2, -0.15) is 5.26 Å². The lowest BCUT2D eigenvalue weighted by atomic mass is 10.1. The van der Waals surface area contributed by atoms with Crippen molar-refractivity contribution >= 4 is 17.1 Å². The lowest BCUT2D eigenvalue weighted by Gasteiger charge is -2.34. The molecule has 2 saturated carbocycles. The molecule has 0 bridgehead atoms. The summed E-state index contributed by atoms with van der Waals surface area (Å²) in [5, 5.41) is 11.2. The van der Waals surface area contributed by atoms with Crippen LogP contribution in [0.25, 0.3) is 10.9 Å². The number of benzene rings is 1. The third-order valence-corrected chi connectivity index (χ3v) is 6.12. The Balaban J connectivity index is 1.72. The molecule has 0 amide bonds. The van der Waals surface area contributed by atoms with Crippen LogP contribution in [0, 0.1) is 17.2 Å². The number of hydrogen-bond donors (Lipinski definition) is 0. The van der Waals surface area contributed by atoms with E-state index in [2.05, 4.69) is 53.8 Å². The van der Waals surface area contributed by atoms with Gasteiger partial charge in [-0.1, -0.05) is 12.1 Å². The first kappa shape index (κ1) is 16.6. The van der Waals surface area contributed by atoms with Gasteiger partial charge in [-0.25, -0.2) is 0 Å². The van der Waals surface area contributed by atoms with E-state index in [9.17, 15) is 5.26 Å². The molecule has 4 heteroatoms. The van der Waals surface area contributed by atoms with E-state index in [-0.39, 0.29) is 6.17 Å². The van der Waals surface area contributed by atoms with Crippen LogP contribution in [0.4, 0.5) is 0 Å². The SMILES string of the molecule is CC(C)N1C=CC=NC1c1c(C#N)c2ccc(C3CC3)cc2n1CC1CC1. The Bertz CT molecular complexity index is 980. The molecule has 1 aromatic heterocycles. The number of aromatic nitrogens is 1. The second kappa shape index (κ2) is 6.27. The Labute approximate surface area is 160 Å². The molecule has 1 aromatic carbocycles. The minimum atomic E-state index is -0.125. The first-order chi connectivity index (χ1) is 13.2. The monoisotopic (exact) mass is 358 g/mol. The average Bonchev–Trinajstić information content (AvgIpc) is 3.59. The first-order valence-electron chi connectivity index (χ1n) is 10.2. The molecule has 4 nitrogen and oxygen atoms in total. The summed E-state index contributed by atoms with van der Waals surface area (Å²) < 4.78 is 2.42. The zero-order chi connectivity index (χ0) is 18.5. The third kappa shape index (κ3) is 2.86. The molecule has 1 atom stereocenters. The van der Waals surface area contributed by atoms with E-state index in [0.29, 0.717) is 6.04 Å². The van der Waals surface area contributed by atoms with Crippen molar-refractivity contribution in [2.24, 2.45) is 10.9 Å². The van der Waals surface area contributed by atoms with Crippen molar-refractivity contribution in [1.82, 2.24) is 9.47 Å². The smallest absolute Gasteiger partial charge is 0.163 e. The summed E-state index contributed by atoms with van der Waals surface area (Å²) in [6, 6.07) is 9.61. The van der Waals surface area contributed by atoms with Gasteiger partial charge >= 0.3 is 0 Å². The Morgan fingerprint density at radius 1 is 1.22 bits per heavy atom. The second-order valence-corrected chi connectivity index (χ2v) is 8.53. The third-order valence-electron chi connectivity index (χ3n) is 6.12. The van der Waals surface area contributed by atoms with Crippen molar-refractivity contribution in [3.05, 3.63) is 47.3 Å². The van der Waals surface area contributed by atoms with Crippen molar-refractivity contribution in [1.29, 1.82) is 5.26 Å². The maximum absolute atomic E-state index is 10.1. The van der Waals surface area contributed by atoms with Crippen molar-refractivity contribution in [2.45, 2.75) is 64.2 Å². The molecule has 2 aliphatic carbocycles. The summed E-state index contributed by atoms with van der Waals surface area (Å²) in [5.41, 5.74) is 4.53. The molecule has 1 aliphatic heterocycles. The second-order valence-electron chi connectivity index (χ2n) is 8.53. The molecule has 2 aromatic rings. The van der Waals surface area contributed by atoms with Gasteiger partial charge in [0.2, 0.25) is 0 Å². The van der Waals surface area contributed by atoms with E-state index in [4.69, 9.17) is 4.99 Å². The fourth-order valence-corrected chi connectivity index (χ4v) is 4.29. The van der Waals surface area contributed by atoms with Gasteiger partial charge in [0.25, 0.3) is 0 Å². The Morgan fingerprint density at radius 2 is 2.04 bits per heavy atom. The average molecular weight is 358 g/mol. The van der Waals surface area contributed by atoms with E-state index in [1.807, 2.05) is 12.3 Å². The van der Waals surface area contributed by atoms with Crippen LogP contribution in [0.5, 0.6) is 0 Å². The van der Waals surface area contributed by atoms with Crippen LogP contribution >= 0.6 is 0 Å². The maximum Gasteiger partial charge on any atom is 0.163 e. The Kier molecular flexibility index (Phi) is 3.86. The van der Waals surface area contributed by atoms with Crippen molar-refractivity contribution < 1.29 is 0 Å². The van der Waals surface area contributed by atoms with Crippen LogP contribution in [0.2, 0.25) is 0 Å². The van der Waals surface area contributed by atoms with Crippen LogP contribution in [-0.2, 0) is 6.54 Å². The number of hydrogen-bond acceptors (Lipinski definition) is 3. The van der Waals surface area contributed by atoms with Crippen LogP contribution in [-0.4, -0.2) is 21.7 Å². The number of fused-ring (bicyclic) bond motifs is 1. The normalized spacial score (nSPS) is 22.0. The molecule has 1 unspecified atom stereocenters. The van der Waals surface area contributed by atoms with Gasteiger partial charge in [-0.3, -0.25) is 4.99 Å². The van der Waals surface area contributed by atoms with E-state index in [1.54, 1.807) is 0 Å². The van der Waals surface area contributed by atoms with Crippen LogP contribution in [0.15, 0.2) is 35.5 Å². The minimum Gasteiger partial charge on any atom is -0.349 e. The predicted octanol–water partition coefficient (Wildman–Crippen LogP) is 5.11. The van der Waals surface area contributed by atoms with Crippen LogP contribution in [0.1, 0.15) is 68.4 Å². The number of rotatable bonds is 5. The number of nitriles is 1. The van der Waals surface area contributed by atoms with Crippen molar-refractivity contribution in [2.75, 3.05) is 0 Å². The molecule has 0 radical (unpaired) electrons. The van der Waals surface area contributed by atoms with Crippen molar-refractivity contribution in [3.63, 3.8) is 0 Å². The summed E-state index contributed by atoms with van der Waals surface area (Å²) in [6.45, 7) is 5.37. The number of allylic oxidation sites excluding steroid dienone is 1. The Morgan fingerprint density at radius 3 is 2.70 bits per heavy atom. The first-order valence-corrected chi connectivity index (χ1v) is 10.2. The topological polar surface area (TPSA) is 44.3 Å². The molecule has 0 spiro atoms. The van der Waals surface area contributed by atoms with Gasteiger partial charge in [-0.05, 0) is 69.1 Å². The summed E-state index contributed by atoms with van der Waals surface area (Å²) in [7, 11) is 0. The highest BCUT2D eigenvalue weighted by Crippen LogP contribution is 2.44. The van der Waals surface area contributed by atoms with E-state index in [0.717, 1.165) is 35.0 Å². The van der Waals surface area contributed by atoms with Crippen LogP contribution in [0.3, 0.4) is 0 Å². The molecule has 27 heavy (non-hydrogen) atoms. The molecule has 5 rings (SSSR count). The molecule has 0 saturated heterocycles. The highest BCUT2D eigenvalue weighted by Gasteiger charge is 2.33. The minimum absolute atomic E-state index is 0.125. The molecule has 2 heterocycles. The lowest BCUT2D eigenvalue weighted by Crippen LogP contribution is -2.32. The number of nitrogens with zero attached hydrogens (tertiary/aromatic N) is 4. The largest absolute Gasteiger partial charge is 0.349 e. The summed E-state index contributed by atoms with van der Waals surface area (Å²) in [5.74, 6) is 1.46. The highest BCUT2D eigenvalue weighted by atomic mass is 15.3. The van der Waals surface area contributed by atoms with Crippen LogP contribution < -0.4 is 0 Å². The van der Waals surface area contributed by atoms with Gasteiger partial charge in [0, 0.05) is 35.9 Å². The Hall–Kier alpha value is -2.54.